The van der Waals surface area contributed by atoms with Crippen molar-refractivity contribution in [1.29, 1.82) is 0 Å². The second kappa shape index (κ2) is 9.37. The highest BCUT2D eigenvalue weighted by Crippen LogP contribution is 2.38. The van der Waals surface area contributed by atoms with Gasteiger partial charge >= 0.3 is 0 Å². The number of para-hydroxylation sites is 2. The van der Waals surface area contributed by atoms with Crippen molar-refractivity contribution in [3.05, 3.63) is 145 Å². The van der Waals surface area contributed by atoms with E-state index in [2.05, 4.69) is 115 Å². The zero-order chi connectivity index (χ0) is 25.5. The molecular weight excluding hydrogens is 484 g/mol. The van der Waals surface area contributed by atoms with Crippen molar-refractivity contribution in [2.24, 2.45) is 0 Å². The largest absolute Gasteiger partial charge is 0.456 e. The predicted octanol–water partition coefficient (Wildman–Crippen LogP) is 11.0. The van der Waals surface area contributed by atoms with Gasteiger partial charge < -0.3 is 4.42 Å². The number of hydrogen-bond donors (Lipinski definition) is 0. The van der Waals surface area contributed by atoms with Gasteiger partial charge in [-0.2, -0.15) is 0 Å². The molecule has 1 aromatic heterocycles. The highest BCUT2D eigenvalue weighted by molar-refractivity contribution is 6.30. The second-order valence-electron chi connectivity index (χ2n) is 9.45. The van der Waals surface area contributed by atoms with E-state index in [1.807, 2.05) is 24.3 Å². The first kappa shape index (κ1) is 22.6. The minimum Gasteiger partial charge on any atom is -0.456 e. The van der Waals surface area contributed by atoms with Gasteiger partial charge in [0.15, 0.2) is 0 Å². The molecule has 6 aromatic carbocycles. The maximum absolute atomic E-state index is 6.64. The summed E-state index contributed by atoms with van der Waals surface area (Å²) in [6.45, 7) is 0. The van der Waals surface area contributed by atoms with Gasteiger partial charge in [-0.1, -0.05) is 127 Å². The van der Waals surface area contributed by atoms with Crippen LogP contribution in [0.1, 0.15) is 0 Å². The molecule has 0 atom stereocenters. The Morgan fingerprint density at radius 2 is 0.842 bits per heavy atom. The molecule has 1 heterocycles. The average Bonchev–Trinajstić information content (AvgIpc) is 3.02. The van der Waals surface area contributed by atoms with Crippen LogP contribution in [-0.4, -0.2) is 0 Å². The van der Waals surface area contributed by atoms with Crippen LogP contribution in [0.5, 0.6) is 0 Å². The first-order valence-electron chi connectivity index (χ1n) is 12.7. The third-order valence-electron chi connectivity index (χ3n) is 7.21. The summed E-state index contributed by atoms with van der Waals surface area (Å²) in [6.07, 6.45) is 0. The van der Waals surface area contributed by atoms with Crippen LogP contribution in [-0.2, 0) is 0 Å². The Morgan fingerprint density at radius 1 is 0.368 bits per heavy atom. The lowest BCUT2D eigenvalue weighted by Crippen LogP contribution is -1.84. The van der Waals surface area contributed by atoms with Gasteiger partial charge in [-0.05, 0) is 62.7 Å². The molecular formula is C36H23ClO. The summed E-state index contributed by atoms with van der Waals surface area (Å²) >= 11 is 6.10. The lowest BCUT2D eigenvalue weighted by molar-refractivity contribution is 0.663. The van der Waals surface area contributed by atoms with Gasteiger partial charge in [0.1, 0.15) is 11.2 Å². The molecule has 0 fully saturated rings. The van der Waals surface area contributed by atoms with Gasteiger partial charge in [0.2, 0.25) is 0 Å². The van der Waals surface area contributed by atoms with Gasteiger partial charge in [-0.3, -0.25) is 0 Å². The van der Waals surface area contributed by atoms with Crippen LogP contribution < -0.4 is 0 Å². The third kappa shape index (κ3) is 3.89. The van der Waals surface area contributed by atoms with Gasteiger partial charge in [-0.15, -0.1) is 0 Å². The van der Waals surface area contributed by atoms with E-state index in [1.165, 1.54) is 21.7 Å². The lowest BCUT2D eigenvalue weighted by Gasteiger charge is -2.10. The smallest absolute Gasteiger partial charge is 0.135 e. The summed E-state index contributed by atoms with van der Waals surface area (Å²) < 4.78 is 6.64. The molecule has 0 bridgehead atoms. The van der Waals surface area contributed by atoms with Crippen LogP contribution in [0.4, 0.5) is 0 Å². The Hall–Kier alpha value is -4.59. The first-order chi connectivity index (χ1) is 18.8. The maximum atomic E-state index is 6.64. The van der Waals surface area contributed by atoms with Crippen molar-refractivity contribution in [2.45, 2.75) is 0 Å². The molecule has 0 N–H and O–H groups in total. The predicted molar refractivity (Wildman–Crippen MR) is 162 cm³/mol. The Balaban J connectivity index is 1.61. The molecule has 2 heteroatoms. The standard InChI is InChI=1S/C36H23ClO/c37-27-22-20-25(21-23-27)24-16-18-26(19-17-24)28-12-7-13-32-30-9-2-1-8-29(30)31-10-3-5-14-34(31)38-35-15-6-4-11-33(35)36(28)32/h1-23H. The van der Waals surface area contributed by atoms with Crippen molar-refractivity contribution in [3.8, 4) is 22.3 Å². The zero-order valence-electron chi connectivity index (χ0n) is 20.6. The molecule has 7 rings (SSSR count). The molecule has 0 aliphatic carbocycles. The molecule has 7 aromatic rings. The van der Waals surface area contributed by atoms with E-state index in [-0.39, 0.29) is 0 Å². The number of hydrogen-bond acceptors (Lipinski definition) is 1. The molecule has 0 spiro atoms. The Morgan fingerprint density at radius 3 is 1.53 bits per heavy atom. The van der Waals surface area contributed by atoms with Crippen molar-refractivity contribution in [2.75, 3.05) is 0 Å². The third-order valence-corrected chi connectivity index (χ3v) is 7.46. The van der Waals surface area contributed by atoms with Crippen molar-refractivity contribution >= 4 is 55.1 Å². The molecule has 0 aliphatic heterocycles. The molecule has 0 radical (unpaired) electrons. The molecule has 0 unspecified atom stereocenters. The Kier molecular flexibility index (Phi) is 5.57. The fourth-order valence-electron chi connectivity index (χ4n) is 5.40. The lowest BCUT2D eigenvalue weighted by atomic mass is 9.93. The number of rotatable bonds is 2. The molecule has 0 amide bonds. The van der Waals surface area contributed by atoms with Crippen LogP contribution in [0, 0.1) is 0 Å². The van der Waals surface area contributed by atoms with Gasteiger partial charge in [-0.25, -0.2) is 0 Å². The summed E-state index contributed by atoms with van der Waals surface area (Å²) in [4.78, 5) is 0. The van der Waals surface area contributed by atoms with E-state index in [0.717, 1.165) is 49.0 Å². The highest BCUT2D eigenvalue weighted by atomic mass is 35.5. The number of fused-ring (bicyclic) bond motifs is 7. The van der Waals surface area contributed by atoms with E-state index < -0.39 is 0 Å². The van der Waals surface area contributed by atoms with Crippen molar-refractivity contribution in [3.63, 3.8) is 0 Å². The van der Waals surface area contributed by atoms with Crippen molar-refractivity contribution in [1.82, 2.24) is 0 Å². The van der Waals surface area contributed by atoms with E-state index in [1.54, 1.807) is 0 Å². The summed E-state index contributed by atoms with van der Waals surface area (Å²) in [6, 6.07) is 48.6. The number of benzene rings is 6. The van der Waals surface area contributed by atoms with E-state index in [0.29, 0.717) is 0 Å². The molecule has 0 saturated carbocycles. The van der Waals surface area contributed by atoms with Gasteiger partial charge in [0, 0.05) is 21.2 Å². The van der Waals surface area contributed by atoms with Gasteiger partial charge in [0.05, 0.1) is 0 Å². The summed E-state index contributed by atoms with van der Waals surface area (Å²) in [7, 11) is 0. The number of halogens is 1. The zero-order valence-corrected chi connectivity index (χ0v) is 21.3. The average molecular weight is 507 g/mol. The van der Waals surface area contributed by atoms with Crippen LogP contribution in [0.2, 0.25) is 5.02 Å². The SMILES string of the molecule is Clc1ccc(-c2ccc(-c3cccc4c5ccccc5c5ccccc5oc5ccccc5c34)cc2)cc1. The van der Waals surface area contributed by atoms with E-state index in [9.17, 15) is 0 Å². The topological polar surface area (TPSA) is 13.1 Å². The molecule has 0 saturated heterocycles. The molecule has 180 valence electrons. The summed E-state index contributed by atoms with van der Waals surface area (Å²) in [5, 5.41) is 7.61. The maximum Gasteiger partial charge on any atom is 0.135 e. The summed E-state index contributed by atoms with van der Waals surface area (Å²) in [5.74, 6) is 0. The molecule has 38 heavy (non-hydrogen) atoms. The Labute approximate surface area is 225 Å². The normalized spacial score (nSPS) is 11.3. The van der Waals surface area contributed by atoms with Crippen LogP contribution >= 0.6 is 11.6 Å². The van der Waals surface area contributed by atoms with Crippen LogP contribution in [0.15, 0.2) is 144 Å². The molecule has 0 aliphatic rings. The van der Waals surface area contributed by atoms with Crippen LogP contribution in [0.25, 0.3) is 65.7 Å². The minimum absolute atomic E-state index is 0.743. The second-order valence-corrected chi connectivity index (χ2v) is 9.89. The fourth-order valence-corrected chi connectivity index (χ4v) is 5.53. The van der Waals surface area contributed by atoms with E-state index in [4.69, 9.17) is 16.0 Å². The monoisotopic (exact) mass is 506 g/mol. The van der Waals surface area contributed by atoms with Crippen molar-refractivity contribution < 1.29 is 4.42 Å². The first-order valence-corrected chi connectivity index (χ1v) is 13.1. The highest BCUT2D eigenvalue weighted by Gasteiger charge is 2.11. The summed E-state index contributed by atoms with van der Waals surface area (Å²) in [5.41, 5.74) is 6.33. The van der Waals surface area contributed by atoms with Crippen LogP contribution in [0.3, 0.4) is 0 Å². The van der Waals surface area contributed by atoms with Gasteiger partial charge in [0.25, 0.3) is 0 Å². The Bertz CT molecular complexity index is 2010. The minimum atomic E-state index is 0.743. The fraction of sp³-hybridized carbons (Fsp3) is 0. The quantitative estimate of drug-likeness (QED) is 0.227. The molecule has 1 nitrogen and oxygen atoms in total. The van der Waals surface area contributed by atoms with E-state index >= 15 is 0 Å².